The van der Waals surface area contributed by atoms with Crippen molar-refractivity contribution in [3.63, 3.8) is 0 Å². The smallest absolute Gasteiger partial charge is 0.0207 e. The highest BCUT2D eigenvalue weighted by Gasteiger charge is 2.23. The first-order valence-corrected chi connectivity index (χ1v) is 14.9. The Kier molecular flexibility index (Phi) is 4.93. The third-order valence-corrected chi connectivity index (χ3v) is 9.77. The van der Waals surface area contributed by atoms with Crippen LogP contribution in [0.25, 0.3) is 76.5 Å². The van der Waals surface area contributed by atoms with Gasteiger partial charge in [-0.1, -0.05) is 139 Å². The van der Waals surface area contributed by atoms with Gasteiger partial charge in [-0.05, 0) is 89.3 Å². The van der Waals surface area contributed by atoms with Crippen LogP contribution in [0.1, 0.15) is 0 Å². The molecule has 1 aliphatic heterocycles. The molecule has 0 bridgehead atoms. The predicted octanol–water partition coefficient (Wildman–Crippen LogP) is 11.8. The molecule has 0 aromatic heterocycles. The summed E-state index contributed by atoms with van der Waals surface area (Å²) in [5, 5.41) is 10.4. The molecule has 0 aliphatic carbocycles. The van der Waals surface area contributed by atoms with Crippen molar-refractivity contribution >= 4 is 54.9 Å². The van der Waals surface area contributed by atoms with E-state index in [2.05, 4.69) is 146 Å². The molecule has 0 atom stereocenters. The minimum Gasteiger partial charge on any atom is -0.0888 e. The number of benzene rings is 8. The lowest BCUT2D eigenvalue weighted by atomic mass is 9.84. The van der Waals surface area contributed by atoms with Gasteiger partial charge in [0.15, 0.2) is 0 Å². The molecule has 0 saturated heterocycles. The molecule has 0 saturated carbocycles. The second-order valence-electron chi connectivity index (χ2n) is 10.8. The van der Waals surface area contributed by atoms with Crippen LogP contribution in [-0.4, -0.2) is 0 Å². The van der Waals surface area contributed by atoms with Crippen LogP contribution >= 0.6 is 11.8 Å². The van der Waals surface area contributed by atoms with Gasteiger partial charge in [-0.25, -0.2) is 0 Å². The van der Waals surface area contributed by atoms with Crippen LogP contribution in [0.2, 0.25) is 0 Å². The Bertz CT molecular complexity index is 2290. The van der Waals surface area contributed by atoms with Crippen LogP contribution in [0.4, 0.5) is 0 Å². The number of hydrogen-bond acceptors (Lipinski definition) is 1. The van der Waals surface area contributed by atoms with E-state index >= 15 is 0 Å². The average Bonchev–Trinajstić information content (AvgIpc) is 3.04. The topological polar surface area (TPSA) is 0 Å². The molecule has 190 valence electrons. The van der Waals surface area contributed by atoms with Crippen LogP contribution in [-0.2, 0) is 0 Å². The quantitative estimate of drug-likeness (QED) is 0.198. The van der Waals surface area contributed by atoms with Gasteiger partial charge in [0.1, 0.15) is 0 Å². The highest BCUT2D eigenvalue weighted by Crippen LogP contribution is 2.51. The minimum absolute atomic E-state index is 1.26. The lowest BCUT2D eigenvalue weighted by molar-refractivity contribution is 1.40. The molecule has 0 spiro atoms. The zero-order chi connectivity index (χ0) is 26.9. The monoisotopic (exact) mass is 536 g/mol. The number of fused-ring (bicyclic) bond motifs is 5. The second kappa shape index (κ2) is 8.83. The lowest BCUT2D eigenvalue weighted by Crippen LogP contribution is -1.95. The van der Waals surface area contributed by atoms with Gasteiger partial charge in [0, 0.05) is 15.2 Å². The summed E-state index contributed by atoms with van der Waals surface area (Å²) in [6.07, 6.45) is 0. The zero-order valence-electron chi connectivity index (χ0n) is 22.3. The van der Waals surface area contributed by atoms with Crippen molar-refractivity contribution in [3.8, 4) is 33.4 Å². The molecule has 0 radical (unpaired) electrons. The van der Waals surface area contributed by atoms with Crippen molar-refractivity contribution in [2.75, 3.05) is 0 Å². The molecule has 0 unspecified atom stereocenters. The molecule has 8 aromatic rings. The maximum absolute atomic E-state index is 2.35. The summed E-state index contributed by atoms with van der Waals surface area (Å²) in [7, 11) is 0. The van der Waals surface area contributed by atoms with Gasteiger partial charge < -0.3 is 0 Å². The third kappa shape index (κ3) is 3.36. The molecular formula is C40H24S. The van der Waals surface area contributed by atoms with Crippen molar-refractivity contribution in [3.05, 3.63) is 146 Å². The minimum atomic E-state index is 1.26. The van der Waals surface area contributed by atoms with Gasteiger partial charge in [0.25, 0.3) is 0 Å². The van der Waals surface area contributed by atoms with Crippen LogP contribution in [0.15, 0.2) is 155 Å². The fourth-order valence-electron chi connectivity index (χ4n) is 6.87. The first kappa shape index (κ1) is 22.9. The lowest BCUT2D eigenvalue weighted by Gasteiger charge is -2.23. The molecule has 1 aliphatic rings. The Morgan fingerprint density at radius 1 is 0.341 bits per heavy atom. The molecule has 9 rings (SSSR count). The van der Waals surface area contributed by atoms with Crippen molar-refractivity contribution in [2.24, 2.45) is 0 Å². The molecule has 0 amide bonds. The third-order valence-electron chi connectivity index (χ3n) is 8.64. The summed E-state index contributed by atoms with van der Waals surface area (Å²) in [6, 6.07) is 53.8. The van der Waals surface area contributed by atoms with E-state index < -0.39 is 0 Å². The van der Waals surface area contributed by atoms with Crippen LogP contribution < -0.4 is 0 Å². The fourth-order valence-corrected chi connectivity index (χ4v) is 8.00. The van der Waals surface area contributed by atoms with E-state index in [1.165, 1.54) is 86.3 Å². The van der Waals surface area contributed by atoms with Gasteiger partial charge in [-0.2, -0.15) is 0 Å². The zero-order valence-corrected chi connectivity index (χ0v) is 23.1. The first-order chi connectivity index (χ1) is 20.3. The van der Waals surface area contributed by atoms with Crippen molar-refractivity contribution < 1.29 is 0 Å². The van der Waals surface area contributed by atoms with E-state index in [1.807, 2.05) is 11.8 Å². The van der Waals surface area contributed by atoms with E-state index in [9.17, 15) is 0 Å². The van der Waals surface area contributed by atoms with Crippen molar-refractivity contribution in [1.82, 2.24) is 0 Å². The highest BCUT2D eigenvalue weighted by atomic mass is 32.2. The van der Waals surface area contributed by atoms with Crippen molar-refractivity contribution in [1.29, 1.82) is 0 Å². The van der Waals surface area contributed by atoms with E-state index in [1.54, 1.807) is 0 Å². The Morgan fingerprint density at radius 3 is 1.73 bits per heavy atom. The van der Waals surface area contributed by atoms with Gasteiger partial charge >= 0.3 is 0 Å². The second-order valence-corrected chi connectivity index (χ2v) is 11.9. The van der Waals surface area contributed by atoms with Crippen molar-refractivity contribution in [2.45, 2.75) is 9.79 Å². The number of hydrogen-bond donors (Lipinski definition) is 0. The molecule has 0 nitrogen and oxygen atoms in total. The number of rotatable bonds is 2. The maximum Gasteiger partial charge on any atom is 0.0207 e. The van der Waals surface area contributed by atoms with E-state index in [0.717, 1.165) is 0 Å². The Labute approximate surface area is 242 Å². The van der Waals surface area contributed by atoms with E-state index in [-0.39, 0.29) is 0 Å². The predicted molar refractivity (Wildman–Crippen MR) is 177 cm³/mol. The highest BCUT2D eigenvalue weighted by molar-refractivity contribution is 7.99. The summed E-state index contributed by atoms with van der Waals surface area (Å²) < 4.78 is 0. The Hall–Kier alpha value is -4.85. The molecule has 1 heteroatoms. The van der Waals surface area contributed by atoms with Gasteiger partial charge in [0.2, 0.25) is 0 Å². The molecule has 8 aromatic carbocycles. The Morgan fingerprint density at radius 2 is 0.951 bits per heavy atom. The largest absolute Gasteiger partial charge is 0.0888 e. The Balaban J connectivity index is 1.40. The maximum atomic E-state index is 2.35. The summed E-state index contributed by atoms with van der Waals surface area (Å²) in [4.78, 5) is 2.66. The van der Waals surface area contributed by atoms with E-state index in [0.29, 0.717) is 0 Å². The summed E-state index contributed by atoms with van der Waals surface area (Å²) in [6.45, 7) is 0. The van der Waals surface area contributed by atoms with Gasteiger partial charge in [-0.3, -0.25) is 0 Å². The molecular weight excluding hydrogens is 513 g/mol. The molecule has 41 heavy (non-hydrogen) atoms. The molecule has 0 N–H and O–H groups in total. The van der Waals surface area contributed by atoms with Crippen LogP contribution in [0, 0.1) is 0 Å². The summed E-state index contributed by atoms with van der Waals surface area (Å²) >= 11 is 1.89. The standard InChI is InChI=1S/C40H24S/c1-2-11-26-24-27(21-20-25(26)10-1)38-30-13-3-5-15-32(30)39(33-16-6-4-14-31(33)38)35-22-23-37-40-29(17-9-18-34(35)40)28-12-7-8-19-36(28)41-37/h1-24H. The molecule has 0 fully saturated rings. The first-order valence-electron chi connectivity index (χ1n) is 14.1. The van der Waals surface area contributed by atoms with Crippen LogP contribution in [0.3, 0.4) is 0 Å². The average molecular weight is 537 g/mol. The fraction of sp³-hybridized carbons (Fsp3) is 0. The SMILES string of the molecule is c1ccc2c(c1)Sc1ccc(-c3c4ccccc4c(-c4ccc5ccccc5c4)c4ccccc34)c3cccc-2c13. The molecule has 1 heterocycles. The summed E-state index contributed by atoms with van der Waals surface area (Å²) in [5.74, 6) is 0. The van der Waals surface area contributed by atoms with Gasteiger partial charge in [0.05, 0.1) is 0 Å². The van der Waals surface area contributed by atoms with E-state index in [4.69, 9.17) is 0 Å². The normalized spacial score (nSPS) is 12.3. The van der Waals surface area contributed by atoms with Crippen LogP contribution in [0.5, 0.6) is 0 Å². The van der Waals surface area contributed by atoms with Gasteiger partial charge in [-0.15, -0.1) is 0 Å². The summed E-state index contributed by atoms with van der Waals surface area (Å²) in [5.41, 5.74) is 7.83.